The van der Waals surface area contributed by atoms with Crippen molar-refractivity contribution in [2.75, 3.05) is 6.54 Å². The number of oxime groups is 1. The minimum atomic E-state index is 0.448. The lowest BCUT2D eigenvalue weighted by Crippen LogP contribution is -2.65. The van der Waals surface area contributed by atoms with Gasteiger partial charge >= 0.3 is 0 Å². The number of hydrogen-bond acceptors (Lipinski definition) is 3. The van der Waals surface area contributed by atoms with Crippen molar-refractivity contribution in [1.29, 1.82) is 0 Å². The summed E-state index contributed by atoms with van der Waals surface area (Å²) in [5, 5.41) is 13.3. The molecule has 2 heterocycles. The van der Waals surface area contributed by atoms with Gasteiger partial charge in [0, 0.05) is 31.0 Å². The van der Waals surface area contributed by atoms with Crippen LogP contribution in [0.4, 0.5) is 0 Å². The van der Waals surface area contributed by atoms with Gasteiger partial charge in [-0.2, -0.15) is 0 Å². The summed E-state index contributed by atoms with van der Waals surface area (Å²) >= 11 is 0. The van der Waals surface area contributed by atoms with Crippen LogP contribution >= 0.6 is 0 Å². The number of fused-ring (bicyclic) bond motifs is 8. The van der Waals surface area contributed by atoms with Crippen molar-refractivity contribution in [3.05, 3.63) is 35.4 Å². The molecule has 0 aromatic heterocycles. The van der Waals surface area contributed by atoms with E-state index < -0.39 is 0 Å². The van der Waals surface area contributed by atoms with Crippen LogP contribution in [-0.4, -0.2) is 28.4 Å². The van der Waals surface area contributed by atoms with Gasteiger partial charge in [-0.15, -0.1) is 0 Å². The van der Waals surface area contributed by atoms with Crippen LogP contribution in [0.5, 0.6) is 0 Å². The van der Waals surface area contributed by atoms with Crippen LogP contribution in [-0.2, 0) is 6.42 Å². The molecule has 0 spiro atoms. The second kappa shape index (κ2) is 4.33. The summed E-state index contributed by atoms with van der Waals surface area (Å²) in [6, 6.07) is 9.96. The molecule has 0 radical (unpaired) electrons. The van der Waals surface area contributed by atoms with Gasteiger partial charge in [-0.3, -0.25) is 4.90 Å². The first-order chi connectivity index (χ1) is 10.4. The van der Waals surface area contributed by atoms with Gasteiger partial charge in [0.15, 0.2) is 0 Å². The van der Waals surface area contributed by atoms with E-state index in [0.717, 1.165) is 24.0 Å². The van der Waals surface area contributed by atoms with E-state index in [4.69, 9.17) is 0 Å². The highest BCUT2D eigenvalue weighted by Gasteiger charge is 2.60. The molecular formula is C18H22N2O. The molecule has 0 amide bonds. The van der Waals surface area contributed by atoms with Crippen LogP contribution in [0.1, 0.15) is 42.9 Å². The maximum Gasteiger partial charge on any atom is 0.0639 e. The fourth-order valence-electron chi connectivity index (χ4n) is 5.85. The first-order valence-electron chi connectivity index (χ1n) is 8.43. The van der Waals surface area contributed by atoms with Crippen molar-refractivity contribution >= 4 is 5.71 Å². The molecule has 1 aromatic carbocycles. The third-order valence-electron chi connectivity index (χ3n) is 6.65. The topological polar surface area (TPSA) is 35.8 Å². The number of benzene rings is 1. The van der Waals surface area contributed by atoms with E-state index >= 15 is 0 Å². The van der Waals surface area contributed by atoms with Gasteiger partial charge in [0.1, 0.15) is 0 Å². The van der Waals surface area contributed by atoms with Crippen LogP contribution in [0.3, 0.4) is 0 Å². The molecule has 3 heteroatoms. The highest BCUT2D eigenvalue weighted by Crippen LogP contribution is 2.59. The summed E-state index contributed by atoms with van der Waals surface area (Å²) in [5.41, 5.74) is 4.06. The fraction of sp³-hybridized carbons (Fsp3) is 0.611. The minimum Gasteiger partial charge on any atom is -0.411 e. The molecule has 21 heavy (non-hydrogen) atoms. The van der Waals surface area contributed by atoms with Gasteiger partial charge in [-0.25, -0.2) is 0 Å². The Kier molecular flexibility index (Phi) is 2.52. The SMILES string of the molecule is ON=C1CC2c3ccccc3CCN2C2C3CCCC3C12. The van der Waals surface area contributed by atoms with Gasteiger partial charge in [0.25, 0.3) is 0 Å². The van der Waals surface area contributed by atoms with E-state index in [-0.39, 0.29) is 0 Å². The largest absolute Gasteiger partial charge is 0.411 e. The average molecular weight is 282 g/mol. The predicted molar refractivity (Wildman–Crippen MR) is 81.5 cm³/mol. The zero-order valence-electron chi connectivity index (χ0n) is 12.3. The summed E-state index contributed by atoms with van der Waals surface area (Å²) in [7, 11) is 0. The Bertz CT molecular complexity index is 611. The molecule has 2 aliphatic carbocycles. The van der Waals surface area contributed by atoms with Crippen LogP contribution in [0.15, 0.2) is 29.4 Å². The van der Waals surface area contributed by atoms with Crippen molar-refractivity contribution in [2.24, 2.45) is 22.9 Å². The monoisotopic (exact) mass is 282 g/mol. The molecule has 5 rings (SSSR count). The standard InChI is InChI=1S/C18H22N2O/c21-19-15-10-16-12-5-2-1-4-11(12)8-9-20(16)18-14-7-3-6-13(14)17(15)18/h1-2,4-5,13-14,16-18,21H,3,6-10H2. The lowest BCUT2D eigenvalue weighted by molar-refractivity contribution is -0.0580. The number of nitrogens with zero attached hydrogens (tertiary/aromatic N) is 2. The first-order valence-corrected chi connectivity index (χ1v) is 8.43. The highest BCUT2D eigenvalue weighted by molar-refractivity contribution is 5.90. The quantitative estimate of drug-likeness (QED) is 0.586. The Morgan fingerprint density at radius 2 is 2.00 bits per heavy atom. The van der Waals surface area contributed by atoms with Crippen LogP contribution in [0.25, 0.3) is 0 Å². The first kappa shape index (κ1) is 12.2. The Morgan fingerprint density at radius 3 is 2.90 bits per heavy atom. The molecule has 1 aromatic rings. The zero-order chi connectivity index (χ0) is 14.0. The van der Waals surface area contributed by atoms with Crippen molar-refractivity contribution < 1.29 is 5.21 Å². The van der Waals surface area contributed by atoms with Gasteiger partial charge < -0.3 is 5.21 Å². The normalized spacial score (nSPS) is 42.7. The van der Waals surface area contributed by atoms with E-state index in [2.05, 4.69) is 34.3 Å². The number of hydrogen-bond donors (Lipinski definition) is 1. The molecule has 0 bridgehead atoms. The maximum absolute atomic E-state index is 9.54. The molecule has 1 N–H and O–H groups in total. The molecule has 3 nitrogen and oxygen atoms in total. The van der Waals surface area contributed by atoms with Gasteiger partial charge in [-0.05, 0) is 42.2 Å². The molecule has 1 saturated heterocycles. The van der Waals surface area contributed by atoms with Crippen molar-refractivity contribution in [3.8, 4) is 0 Å². The van der Waals surface area contributed by atoms with Crippen molar-refractivity contribution in [3.63, 3.8) is 0 Å². The molecule has 110 valence electrons. The molecular weight excluding hydrogens is 260 g/mol. The van der Waals surface area contributed by atoms with Crippen molar-refractivity contribution in [2.45, 2.75) is 44.2 Å². The lowest BCUT2D eigenvalue weighted by atomic mass is 9.56. The van der Waals surface area contributed by atoms with Gasteiger partial charge in [-0.1, -0.05) is 35.8 Å². The summed E-state index contributed by atoms with van der Waals surface area (Å²) in [6.45, 7) is 1.19. The third kappa shape index (κ3) is 1.50. The van der Waals surface area contributed by atoms with E-state index in [1.165, 1.54) is 43.4 Å². The smallest absolute Gasteiger partial charge is 0.0639 e. The second-order valence-electron chi connectivity index (χ2n) is 7.27. The second-order valence-corrected chi connectivity index (χ2v) is 7.27. The molecule has 5 atom stereocenters. The van der Waals surface area contributed by atoms with E-state index in [0.29, 0.717) is 18.0 Å². The molecule has 2 saturated carbocycles. The summed E-state index contributed by atoms with van der Waals surface area (Å²) in [5.74, 6) is 2.21. The lowest BCUT2D eigenvalue weighted by Gasteiger charge is -2.60. The molecule has 3 fully saturated rings. The molecule has 4 aliphatic rings. The van der Waals surface area contributed by atoms with E-state index in [1.54, 1.807) is 0 Å². The summed E-state index contributed by atoms with van der Waals surface area (Å²) in [6.07, 6.45) is 6.21. The van der Waals surface area contributed by atoms with Crippen LogP contribution in [0, 0.1) is 17.8 Å². The van der Waals surface area contributed by atoms with E-state index in [9.17, 15) is 5.21 Å². The fourth-order valence-corrected chi connectivity index (χ4v) is 5.85. The predicted octanol–water partition coefficient (Wildman–Crippen LogP) is 3.23. The maximum atomic E-state index is 9.54. The average Bonchev–Trinajstić information content (AvgIpc) is 2.93. The number of piperidine rings is 1. The van der Waals surface area contributed by atoms with E-state index in [1.807, 2.05) is 0 Å². The van der Waals surface area contributed by atoms with Crippen molar-refractivity contribution in [1.82, 2.24) is 4.90 Å². The number of rotatable bonds is 0. The Labute approximate surface area is 125 Å². The van der Waals surface area contributed by atoms with Crippen LogP contribution in [0.2, 0.25) is 0 Å². The minimum absolute atomic E-state index is 0.448. The molecule has 2 aliphatic heterocycles. The van der Waals surface area contributed by atoms with Crippen LogP contribution < -0.4 is 0 Å². The Morgan fingerprint density at radius 1 is 1.14 bits per heavy atom. The highest BCUT2D eigenvalue weighted by atomic mass is 16.4. The van der Waals surface area contributed by atoms with Gasteiger partial charge in [0.2, 0.25) is 0 Å². The summed E-state index contributed by atoms with van der Waals surface area (Å²) < 4.78 is 0. The van der Waals surface area contributed by atoms with Gasteiger partial charge in [0.05, 0.1) is 5.71 Å². The summed E-state index contributed by atoms with van der Waals surface area (Å²) in [4.78, 5) is 2.76. The Hall–Kier alpha value is -1.35. The molecule has 5 unspecified atom stereocenters. The third-order valence-corrected chi connectivity index (χ3v) is 6.65. The Balaban J connectivity index is 1.57. The zero-order valence-corrected chi connectivity index (χ0v) is 12.3.